The predicted octanol–water partition coefficient (Wildman–Crippen LogP) is 5.79. The average Bonchev–Trinajstić information content (AvgIpc) is 2.80. The van der Waals surface area contributed by atoms with E-state index in [0.717, 1.165) is 29.0 Å². The third-order valence-electron chi connectivity index (χ3n) is 5.42. The van der Waals surface area contributed by atoms with Gasteiger partial charge in [-0.05, 0) is 42.7 Å². The minimum Gasteiger partial charge on any atom is -0.354 e. The number of halogens is 4. The first-order valence-corrected chi connectivity index (χ1v) is 14.7. The number of carbonyl (C=O) groups is 2. The molecule has 7 nitrogen and oxygen atoms in total. The molecular weight excluding hydrogens is 568 g/mol. The van der Waals surface area contributed by atoms with Crippen molar-refractivity contribution in [3.63, 3.8) is 0 Å². The van der Waals surface area contributed by atoms with E-state index in [9.17, 15) is 18.0 Å². The highest BCUT2D eigenvalue weighted by atomic mass is 35.5. The lowest BCUT2D eigenvalue weighted by Crippen LogP contribution is -2.52. The van der Waals surface area contributed by atoms with Crippen LogP contribution in [0.3, 0.4) is 0 Å². The van der Waals surface area contributed by atoms with Crippen LogP contribution in [0, 0.1) is 0 Å². The molecule has 0 saturated carbocycles. The third kappa shape index (κ3) is 8.42. The Kier molecular flexibility index (Phi) is 11.6. The fraction of sp³-hybridized carbons (Fsp3) is 0.417. The van der Waals surface area contributed by atoms with Crippen molar-refractivity contribution in [2.45, 2.75) is 45.7 Å². The maximum atomic E-state index is 13.7. The number of amides is 2. The lowest BCUT2D eigenvalue weighted by Gasteiger charge is -2.33. The van der Waals surface area contributed by atoms with Gasteiger partial charge in [-0.1, -0.05) is 78.8 Å². The van der Waals surface area contributed by atoms with Gasteiger partial charge in [-0.2, -0.15) is 0 Å². The summed E-state index contributed by atoms with van der Waals surface area (Å²) in [6.45, 7) is 3.75. The highest BCUT2D eigenvalue weighted by Gasteiger charge is 2.32. The van der Waals surface area contributed by atoms with Crippen molar-refractivity contribution in [1.29, 1.82) is 0 Å². The Hall–Kier alpha value is -1.71. The first kappa shape index (κ1) is 30.5. The van der Waals surface area contributed by atoms with E-state index in [-0.39, 0.29) is 33.2 Å². The standard InChI is InChI=1S/C24H29Cl4N3O4S/c1-4-6-11-29-24(33)21(5-2)30(14-16-7-9-17(25)10-8-16)23(32)15-31(36(3,34)35)22-13-19(27)18(26)12-20(22)28/h7-10,12-13,21H,4-6,11,14-15H2,1-3H3,(H,29,33)/t21-/m0/s1. The summed E-state index contributed by atoms with van der Waals surface area (Å²) in [5, 5.41) is 3.62. The van der Waals surface area contributed by atoms with Crippen LogP contribution in [0.5, 0.6) is 0 Å². The maximum absolute atomic E-state index is 13.7. The number of nitrogens with one attached hydrogen (secondary N) is 1. The zero-order valence-electron chi connectivity index (χ0n) is 20.2. The minimum atomic E-state index is -3.97. The molecule has 198 valence electrons. The molecule has 36 heavy (non-hydrogen) atoms. The van der Waals surface area contributed by atoms with Crippen LogP contribution in [0.1, 0.15) is 38.7 Å². The lowest BCUT2D eigenvalue weighted by molar-refractivity contribution is -0.140. The molecule has 0 aliphatic carbocycles. The van der Waals surface area contributed by atoms with Gasteiger partial charge in [0.25, 0.3) is 0 Å². The molecule has 1 atom stereocenters. The van der Waals surface area contributed by atoms with Gasteiger partial charge < -0.3 is 10.2 Å². The van der Waals surface area contributed by atoms with E-state index in [4.69, 9.17) is 46.4 Å². The smallest absolute Gasteiger partial charge is 0.244 e. The molecule has 0 radical (unpaired) electrons. The van der Waals surface area contributed by atoms with Crippen LogP contribution in [0.2, 0.25) is 20.1 Å². The summed E-state index contributed by atoms with van der Waals surface area (Å²) in [7, 11) is -3.97. The van der Waals surface area contributed by atoms with Gasteiger partial charge in [0.15, 0.2) is 0 Å². The normalized spacial score (nSPS) is 12.2. The lowest BCUT2D eigenvalue weighted by atomic mass is 10.1. The van der Waals surface area contributed by atoms with Crippen LogP contribution in [-0.2, 0) is 26.2 Å². The molecule has 1 N–H and O–H groups in total. The van der Waals surface area contributed by atoms with Crippen molar-refractivity contribution >= 4 is 73.9 Å². The largest absolute Gasteiger partial charge is 0.354 e. The molecule has 0 unspecified atom stereocenters. The summed E-state index contributed by atoms with van der Waals surface area (Å²) in [5.74, 6) is -0.901. The topological polar surface area (TPSA) is 86.8 Å². The molecule has 0 heterocycles. The number of unbranched alkanes of at least 4 members (excludes halogenated alkanes) is 1. The summed E-state index contributed by atoms with van der Waals surface area (Å²) in [6.07, 6.45) is 2.98. The van der Waals surface area contributed by atoms with Gasteiger partial charge in [0, 0.05) is 18.1 Å². The summed E-state index contributed by atoms with van der Waals surface area (Å²) in [4.78, 5) is 28.0. The molecule has 0 aliphatic heterocycles. The number of hydrogen-bond acceptors (Lipinski definition) is 4. The number of rotatable bonds is 12. The molecule has 2 amide bonds. The number of benzene rings is 2. The number of carbonyl (C=O) groups excluding carboxylic acids is 2. The van der Waals surface area contributed by atoms with E-state index >= 15 is 0 Å². The van der Waals surface area contributed by atoms with Crippen molar-refractivity contribution in [1.82, 2.24) is 10.2 Å². The number of nitrogens with zero attached hydrogens (tertiary/aromatic N) is 2. The second-order valence-corrected chi connectivity index (χ2v) is 11.8. The predicted molar refractivity (Wildman–Crippen MR) is 148 cm³/mol. The highest BCUT2D eigenvalue weighted by Crippen LogP contribution is 2.35. The maximum Gasteiger partial charge on any atom is 0.244 e. The highest BCUT2D eigenvalue weighted by molar-refractivity contribution is 7.92. The molecular formula is C24H29Cl4N3O4S. The Morgan fingerprint density at radius 1 is 0.972 bits per heavy atom. The van der Waals surface area contributed by atoms with Crippen LogP contribution in [0.4, 0.5) is 5.69 Å². The van der Waals surface area contributed by atoms with Gasteiger partial charge in [-0.3, -0.25) is 13.9 Å². The van der Waals surface area contributed by atoms with Crippen molar-refractivity contribution in [3.05, 3.63) is 62.1 Å². The zero-order chi connectivity index (χ0) is 27.0. The summed E-state index contributed by atoms with van der Waals surface area (Å²) < 4.78 is 26.3. The molecule has 0 fully saturated rings. The van der Waals surface area contributed by atoms with Gasteiger partial charge in [0.2, 0.25) is 21.8 Å². The molecule has 2 rings (SSSR count). The molecule has 2 aromatic rings. The van der Waals surface area contributed by atoms with E-state index in [1.165, 1.54) is 17.0 Å². The second-order valence-electron chi connectivity index (χ2n) is 8.20. The molecule has 0 bridgehead atoms. The van der Waals surface area contributed by atoms with Crippen LogP contribution in [0.15, 0.2) is 36.4 Å². The molecule has 0 spiro atoms. The summed E-state index contributed by atoms with van der Waals surface area (Å²) in [5.41, 5.74) is 0.736. The Bertz CT molecular complexity index is 1180. The third-order valence-corrected chi connectivity index (χ3v) is 7.82. The molecule has 0 aliphatic rings. The van der Waals surface area contributed by atoms with Crippen LogP contribution < -0.4 is 9.62 Å². The first-order valence-electron chi connectivity index (χ1n) is 11.3. The number of sulfonamides is 1. The quantitative estimate of drug-likeness (QED) is 0.248. The molecule has 2 aromatic carbocycles. The van der Waals surface area contributed by atoms with Crippen molar-refractivity contribution in [2.24, 2.45) is 0 Å². The second kappa shape index (κ2) is 13.7. The summed E-state index contributed by atoms with van der Waals surface area (Å²) >= 11 is 24.4. The fourth-order valence-corrected chi connectivity index (χ4v) is 5.18. The Balaban J connectivity index is 2.46. The molecule has 0 aromatic heterocycles. The van der Waals surface area contributed by atoms with E-state index < -0.39 is 28.5 Å². The van der Waals surface area contributed by atoms with Gasteiger partial charge in [0.05, 0.1) is 27.0 Å². The molecule has 0 saturated heterocycles. The van der Waals surface area contributed by atoms with Crippen LogP contribution in [-0.4, -0.2) is 50.5 Å². The van der Waals surface area contributed by atoms with E-state index in [2.05, 4.69) is 5.32 Å². The SMILES string of the molecule is CCCCNC(=O)[C@H](CC)N(Cc1ccc(Cl)cc1)C(=O)CN(c1cc(Cl)c(Cl)cc1Cl)S(C)(=O)=O. The van der Waals surface area contributed by atoms with Crippen molar-refractivity contribution in [2.75, 3.05) is 23.7 Å². The Morgan fingerprint density at radius 2 is 1.58 bits per heavy atom. The van der Waals surface area contributed by atoms with Gasteiger partial charge in [-0.25, -0.2) is 8.42 Å². The summed E-state index contributed by atoms with van der Waals surface area (Å²) in [6, 6.07) is 8.63. The van der Waals surface area contributed by atoms with Crippen LogP contribution in [0.25, 0.3) is 0 Å². The van der Waals surface area contributed by atoms with E-state index in [1.807, 2.05) is 6.92 Å². The number of hydrogen-bond donors (Lipinski definition) is 1. The first-order chi connectivity index (χ1) is 16.9. The van der Waals surface area contributed by atoms with Gasteiger partial charge >= 0.3 is 0 Å². The minimum absolute atomic E-state index is 0.00815. The zero-order valence-corrected chi connectivity index (χ0v) is 24.1. The van der Waals surface area contributed by atoms with Crippen molar-refractivity contribution < 1.29 is 18.0 Å². The Morgan fingerprint density at radius 3 is 2.14 bits per heavy atom. The monoisotopic (exact) mass is 595 g/mol. The van der Waals surface area contributed by atoms with E-state index in [0.29, 0.717) is 18.0 Å². The van der Waals surface area contributed by atoms with Gasteiger partial charge in [0.1, 0.15) is 12.6 Å². The fourth-order valence-electron chi connectivity index (χ4n) is 3.51. The Labute approximate surface area is 232 Å². The molecule has 12 heteroatoms. The van der Waals surface area contributed by atoms with E-state index in [1.54, 1.807) is 31.2 Å². The van der Waals surface area contributed by atoms with Crippen molar-refractivity contribution in [3.8, 4) is 0 Å². The van der Waals surface area contributed by atoms with Crippen LogP contribution >= 0.6 is 46.4 Å². The average molecular weight is 597 g/mol. The number of anilines is 1. The van der Waals surface area contributed by atoms with Gasteiger partial charge in [-0.15, -0.1) is 0 Å².